The average Bonchev–Trinajstić information content (AvgIpc) is 3.04. The number of carbonyl (C=O) groups is 1. The molecule has 1 aliphatic heterocycles. The molecule has 23 heavy (non-hydrogen) atoms. The van der Waals surface area contributed by atoms with Crippen molar-refractivity contribution in [1.82, 2.24) is 9.78 Å². The minimum absolute atomic E-state index is 0.00689. The Morgan fingerprint density at radius 3 is 2.87 bits per heavy atom. The smallest absolute Gasteiger partial charge is 0.224 e. The van der Waals surface area contributed by atoms with Crippen LogP contribution in [0.15, 0.2) is 48.0 Å². The van der Waals surface area contributed by atoms with Crippen LogP contribution in [0.5, 0.6) is 0 Å². The van der Waals surface area contributed by atoms with Crippen LogP contribution in [0.25, 0.3) is 5.69 Å². The number of carbonyl (C=O) groups excluding carboxylic acids is 1. The summed E-state index contributed by atoms with van der Waals surface area (Å²) in [5, 5.41) is 8.23. The second-order valence-corrected chi connectivity index (χ2v) is 7.54. The molecule has 0 saturated heterocycles. The summed E-state index contributed by atoms with van der Waals surface area (Å²) in [6.45, 7) is 1.95. The topological polar surface area (TPSA) is 81.1 Å². The van der Waals surface area contributed by atoms with Gasteiger partial charge < -0.3 is 5.32 Å². The number of nitrogens with zero attached hydrogens (tertiary/aromatic N) is 2. The van der Waals surface area contributed by atoms with Gasteiger partial charge in [-0.2, -0.15) is 5.10 Å². The molecule has 6 nitrogen and oxygen atoms in total. The van der Waals surface area contributed by atoms with Crippen molar-refractivity contribution in [2.24, 2.45) is 5.92 Å². The van der Waals surface area contributed by atoms with E-state index in [1.54, 1.807) is 23.0 Å². The van der Waals surface area contributed by atoms with Crippen molar-refractivity contribution in [2.45, 2.75) is 13.3 Å². The number of anilines is 1. The fourth-order valence-corrected chi connectivity index (χ4v) is 3.97. The lowest BCUT2D eigenvalue weighted by Crippen LogP contribution is -2.17. The third-order valence-corrected chi connectivity index (χ3v) is 5.12. The van der Waals surface area contributed by atoms with E-state index in [2.05, 4.69) is 10.4 Å². The van der Waals surface area contributed by atoms with Gasteiger partial charge in [-0.25, -0.2) is 13.1 Å². The number of aromatic nitrogens is 2. The van der Waals surface area contributed by atoms with Crippen molar-refractivity contribution in [1.29, 1.82) is 0 Å². The Bertz CT molecular complexity index is 868. The first-order chi connectivity index (χ1) is 10.9. The van der Waals surface area contributed by atoms with Crippen molar-refractivity contribution in [3.8, 4) is 5.69 Å². The number of amides is 1. The van der Waals surface area contributed by atoms with E-state index in [1.165, 1.54) is 5.41 Å². The van der Waals surface area contributed by atoms with E-state index in [-0.39, 0.29) is 24.0 Å². The molecule has 0 bridgehead atoms. The van der Waals surface area contributed by atoms with Crippen LogP contribution in [0.2, 0.25) is 0 Å². The molecule has 2 aromatic rings. The quantitative estimate of drug-likeness (QED) is 0.930. The van der Waals surface area contributed by atoms with Crippen LogP contribution in [0.1, 0.15) is 12.1 Å². The molecular formula is C16H17N3O3S. The second-order valence-electron chi connectivity index (χ2n) is 5.61. The van der Waals surface area contributed by atoms with Gasteiger partial charge in [0.1, 0.15) is 0 Å². The van der Waals surface area contributed by atoms with Gasteiger partial charge in [0.15, 0.2) is 9.84 Å². The fourth-order valence-electron chi connectivity index (χ4n) is 2.57. The minimum atomic E-state index is -3.13. The minimum Gasteiger partial charge on any atom is -0.326 e. The molecule has 2 heterocycles. The van der Waals surface area contributed by atoms with Crippen molar-refractivity contribution < 1.29 is 13.2 Å². The van der Waals surface area contributed by atoms with Crippen LogP contribution >= 0.6 is 0 Å². The summed E-state index contributed by atoms with van der Waals surface area (Å²) < 4.78 is 24.5. The molecular weight excluding hydrogens is 314 g/mol. The van der Waals surface area contributed by atoms with Crippen molar-refractivity contribution in [3.63, 3.8) is 0 Å². The Morgan fingerprint density at radius 2 is 2.22 bits per heavy atom. The fraction of sp³-hybridized carbons (Fsp3) is 0.250. The Kier molecular flexibility index (Phi) is 4.04. The van der Waals surface area contributed by atoms with Crippen LogP contribution in [0.4, 0.5) is 5.69 Å². The summed E-state index contributed by atoms with van der Waals surface area (Å²) in [5.41, 5.74) is 2.51. The monoisotopic (exact) mass is 331 g/mol. The number of allylic oxidation sites excluding steroid dienone is 1. The summed E-state index contributed by atoms with van der Waals surface area (Å²) in [5.74, 6) is -0.449. The molecule has 3 rings (SSSR count). The Hall–Kier alpha value is -2.41. The summed E-state index contributed by atoms with van der Waals surface area (Å²) in [4.78, 5) is 12.1. The van der Waals surface area contributed by atoms with Crippen molar-refractivity contribution in [3.05, 3.63) is 53.7 Å². The third-order valence-electron chi connectivity index (χ3n) is 3.66. The van der Waals surface area contributed by atoms with E-state index >= 15 is 0 Å². The van der Waals surface area contributed by atoms with E-state index in [9.17, 15) is 13.2 Å². The second kappa shape index (κ2) is 6.00. The summed E-state index contributed by atoms with van der Waals surface area (Å²) in [6, 6.07) is 9.27. The molecule has 1 amide bonds. The molecule has 1 N–H and O–H groups in total. The highest BCUT2D eigenvalue weighted by atomic mass is 32.2. The van der Waals surface area contributed by atoms with Crippen molar-refractivity contribution in [2.75, 3.05) is 11.1 Å². The summed E-state index contributed by atoms with van der Waals surface area (Å²) >= 11 is 0. The molecule has 7 heteroatoms. The van der Waals surface area contributed by atoms with E-state index in [0.29, 0.717) is 5.69 Å². The average molecular weight is 331 g/mol. The van der Waals surface area contributed by atoms with Gasteiger partial charge in [-0.3, -0.25) is 4.79 Å². The number of rotatable bonds is 4. The van der Waals surface area contributed by atoms with Gasteiger partial charge in [0.25, 0.3) is 0 Å². The largest absolute Gasteiger partial charge is 0.326 e. The highest BCUT2D eigenvalue weighted by Crippen LogP contribution is 2.20. The van der Waals surface area contributed by atoms with Crippen molar-refractivity contribution >= 4 is 21.4 Å². The third kappa shape index (κ3) is 3.68. The van der Waals surface area contributed by atoms with Crippen LogP contribution in [-0.4, -0.2) is 29.9 Å². The predicted octanol–water partition coefficient (Wildman–Crippen LogP) is 2.07. The summed E-state index contributed by atoms with van der Waals surface area (Å²) in [6.07, 6.45) is 3.45. The number of nitrogens with one attached hydrogen (secondary N) is 1. The molecule has 1 atom stereocenters. The van der Waals surface area contributed by atoms with Crippen LogP contribution in [-0.2, 0) is 14.6 Å². The number of benzene rings is 1. The standard InChI is InChI=1S/C16H17N3O3S/c1-12-5-7-17-19(12)15-4-2-3-14(10-15)18-16(20)9-13-6-8-23(21,22)11-13/h2-8,10,13H,9,11H2,1H3,(H,18,20)/t13-/m0/s1. The lowest BCUT2D eigenvalue weighted by Gasteiger charge is -2.10. The molecule has 1 aliphatic rings. The number of hydrogen-bond acceptors (Lipinski definition) is 4. The predicted molar refractivity (Wildman–Crippen MR) is 88.0 cm³/mol. The zero-order valence-corrected chi connectivity index (χ0v) is 13.5. The number of sulfone groups is 1. The molecule has 120 valence electrons. The van der Waals surface area contributed by atoms with Gasteiger partial charge in [0.2, 0.25) is 5.91 Å². The zero-order valence-electron chi connectivity index (χ0n) is 12.6. The molecule has 1 aromatic carbocycles. The first kappa shape index (κ1) is 15.5. The molecule has 0 spiro atoms. The van der Waals surface area contributed by atoms with Crippen LogP contribution in [0, 0.1) is 12.8 Å². The van der Waals surface area contributed by atoms with E-state index in [1.807, 2.05) is 31.2 Å². The number of hydrogen-bond donors (Lipinski definition) is 1. The zero-order chi connectivity index (χ0) is 16.4. The lowest BCUT2D eigenvalue weighted by atomic mass is 10.1. The number of aryl methyl sites for hydroxylation is 1. The van der Waals surface area contributed by atoms with E-state index < -0.39 is 9.84 Å². The molecule has 0 radical (unpaired) electrons. The van der Waals surface area contributed by atoms with Gasteiger partial charge in [-0.1, -0.05) is 12.1 Å². The highest BCUT2D eigenvalue weighted by Gasteiger charge is 2.23. The highest BCUT2D eigenvalue weighted by molar-refractivity contribution is 7.94. The Balaban J connectivity index is 1.68. The van der Waals surface area contributed by atoms with Crippen LogP contribution < -0.4 is 5.32 Å². The van der Waals surface area contributed by atoms with Crippen LogP contribution in [0.3, 0.4) is 0 Å². The molecule has 0 aliphatic carbocycles. The molecule has 1 aromatic heterocycles. The molecule has 0 fully saturated rings. The maximum atomic E-state index is 12.1. The maximum Gasteiger partial charge on any atom is 0.224 e. The normalized spacial score (nSPS) is 18.9. The van der Waals surface area contributed by atoms with E-state index in [0.717, 1.165) is 11.4 Å². The molecule has 0 unspecified atom stereocenters. The van der Waals surface area contributed by atoms with Gasteiger partial charge in [-0.15, -0.1) is 0 Å². The maximum absolute atomic E-state index is 12.1. The first-order valence-corrected chi connectivity index (χ1v) is 8.96. The SMILES string of the molecule is Cc1ccnn1-c1cccc(NC(=O)C[C@@H]2C=CS(=O)(=O)C2)c1. The molecule has 0 saturated carbocycles. The first-order valence-electron chi connectivity index (χ1n) is 7.25. The van der Waals surface area contributed by atoms with Gasteiger partial charge in [0.05, 0.1) is 11.4 Å². The van der Waals surface area contributed by atoms with E-state index in [4.69, 9.17) is 0 Å². The van der Waals surface area contributed by atoms with Gasteiger partial charge in [0, 0.05) is 35.3 Å². The van der Waals surface area contributed by atoms with Gasteiger partial charge in [-0.05, 0) is 31.2 Å². The summed E-state index contributed by atoms with van der Waals surface area (Å²) in [7, 11) is -3.13. The Morgan fingerprint density at radius 1 is 1.39 bits per heavy atom. The Labute approximate surface area is 134 Å². The van der Waals surface area contributed by atoms with Gasteiger partial charge >= 0.3 is 0 Å². The lowest BCUT2D eigenvalue weighted by molar-refractivity contribution is -0.116.